The van der Waals surface area contributed by atoms with Crippen molar-refractivity contribution < 1.29 is 25.2 Å². The Hall–Kier alpha value is -1.30. The lowest BCUT2D eigenvalue weighted by Gasteiger charge is -2.41. The van der Waals surface area contributed by atoms with Crippen LogP contribution in [0.4, 0.5) is 0 Å². The standard InChI is InChI=1S/C19H32N2O3/c1-18(2)10-14(11-19(3,4)21-18)20-12-15(22)13-24-17-8-6-16(23-5)7-9-17/h6-9,14-15,20-22H,10-13H2,1-5H3/p+2/t15-/m0/s1. The number of ether oxygens (including phenoxy) is 2. The Morgan fingerprint density at radius 2 is 1.67 bits per heavy atom. The summed E-state index contributed by atoms with van der Waals surface area (Å²) in [5.74, 6) is 1.56. The van der Waals surface area contributed by atoms with Crippen LogP contribution in [-0.2, 0) is 0 Å². The molecule has 1 atom stereocenters. The number of rotatable bonds is 7. The predicted octanol–water partition coefficient (Wildman–Crippen LogP) is 0.281. The van der Waals surface area contributed by atoms with E-state index in [9.17, 15) is 5.11 Å². The van der Waals surface area contributed by atoms with Gasteiger partial charge in [0.2, 0.25) is 0 Å². The molecule has 1 aromatic rings. The van der Waals surface area contributed by atoms with Crippen molar-refractivity contribution in [3.8, 4) is 11.5 Å². The second kappa shape index (κ2) is 7.72. The Bertz CT molecular complexity index is 498. The molecule has 1 heterocycles. The smallest absolute Gasteiger partial charge is 0.137 e. The van der Waals surface area contributed by atoms with Crippen molar-refractivity contribution in [3.63, 3.8) is 0 Å². The van der Waals surface area contributed by atoms with E-state index in [1.807, 2.05) is 24.3 Å². The van der Waals surface area contributed by atoms with Gasteiger partial charge >= 0.3 is 0 Å². The van der Waals surface area contributed by atoms with E-state index in [2.05, 4.69) is 38.3 Å². The van der Waals surface area contributed by atoms with Crippen LogP contribution < -0.4 is 20.1 Å². The minimum Gasteiger partial charge on any atom is -0.497 e. The fraction of sp³-hybridized carbons (Fsp3) is 0.684. The molecule has 0 bridgehead atoms. The number of aliphatic hydroxyl groups is 1. The van der Waals surface area contributed by atoms with Crippen molar-refractivity contribution in [2.75, 3.05) is 20.3 Å². The van der Waals surface area contributed by atoms with Gasteiger partial charge in [-0.25, -0.2) is 0 Å². The number of nitrogens with two attached hydrogens (primary N) is 2. The van der Waals surface area contributed by atoms with E-state index >= 15 is 0 Å². The highest BCUT2D eigenvalue weighted by Crippen LogP contribution is 2.19. The highest BCUT2D eigenvalue weighted by molar-refractivity contribution is 5.31. The summed E-state index contributed by atoms with van der Waals surface area (Å²) in [4.78, 5) is 0. The van der Waals surface area contributed by atoms with Crippen molar-refractivity contribution in [3.05, 3.63) is 24.3 Å². The molecule has 1 aromatic carbocycles. The van der Waals surface area contributed by atoms with Gasteiger partial charge in [0.25, 0.3) is 0 Å². The van der Waals surface area contributed by atoms with Gasteiger partial charge in [-0.15, -0.1) is 0 Å². The third kappa shape index (κ3) is 5.96. The monoisotopic (exact) mass is 338 g/mol. The van der Waals surface area contributed by atoms with Crippen LogP contribution in [0, 0.1) is 0 Å². The Kier molecular flexibility index (Phi) is 6.12. The molecule has 1 fully saturated rings. The summed E-state index contributed by atoms with van der Waals surface area (Å²) < 4.78 is 10.8. The van der Waals surface area contributed by atoms with Crippen molar-refractivity contribution in [1.82, 2.24) is 0 Å². The van der Waals surface area contributed by atoms with Gasteiger partial charge < -0.3 is 25.2 Å². The topological polar surface area (TPSA) is 71.9 Å². The molecule has 0 saturated carbocycles. The molecule has 5 nitrogen and oxygen atoms in total. The van der Waals surface area contributed by atoms with Crippen LogP contribution in [0.2, 0.25) is 0 Å². The first kappa shape index (κ1) is 19.0. The molecule has 1 aliphatic rings. The molecular formula is C19H34N2O3+2. The second-order valence-corrected chi connectivity index (χ2v) is 8.40. The van der Waals surface area contributed by atoms with Gasteiger partial charge in [0.05, 0.1) is 37.1 Å². The summed E-state index contributed by atoms with van der Waals surface area (Å²) in [5.41, 5.74) is 0.515. The van der Waals surface area contributed by atoms with Gasteiger partial charge in [-0.05, 0) is 52.0 Å². The molecular weight excluding hydrogens is 304 g/mol. The van der Waals surface area contributed by atoms with Crippen molar-refractivity contribution in [1.29, 1.82) is 0 Å². The van der Waals surface area contributed by atoms with Crippen LogP contribution in [0.1, 0.15) is 40.5 Å². The first-order valence-corrected chi connectivity index (χ1v) is 8.84. The number of hydrogen-bond acceptors (Lipinski definition) is 3. The molecule has 0 amide bonds. The number of quaternary nitrogens is 2. The summed E-state index contributed by atoms with van der Waals surface area (Å²) in [6, 6.07) is 7.98. The minimum absolute atomic E-state index is 0.257. The van der Waals surface area contributed by atoms with E-state index in [1.54, 1.807) is 7.11 Å². The molecule has 0 aromatic heterocycles. The molecule has 0 aliphatic carbocycles. The number of aliphatic hydroxyl groups excluding tert-OH is 1. The van der Waals surface area contributed by atoms with E-state index in [-0.39, 0.29) is 11.1 Å². The summed E-state index contributed by atoms with van der Waals surface area (Å²) in [6.07, 6.45) is 1.84. The highest BCUT2D eigenvalue weighted by atomic mass is 16.5. The van der Waals surface area contributed by atoms with Gasteiger partial charge in [0.1, 0.15) is 30.8 Å². The first-order valence-electron chi connectivity index (χ1n) is 8.84. The lowest BCUT2D eigenvalue weighted by atomic mass is 9.79. The van der Waals surface area contributed by atoms with Gasteiger partial charge in [-0.3, -0.25) is 0 Å². The number of hydrogen-bond donors (Lipinski definition) is 3. The molecule has 24 heavy (non-hydrogen) atoms. The fourth-order valence-electron chi connectivity index (χ4n) is 4.05. The molecule has 0 radical (unpaired) electrons. The molecule has 5 heteroatoms. The molecule has 2 rings (SSSR count). The van der Waals surface area contributed by atoms with Crippen LogP contribution in [0.15, 0.2) is 24.3 Å². The zero-order valence-corrected chi connectivity index (χ0v) is 15.7. The number of piperidine rings is 1. The minimum atomic E-state index is -0.468. The zero-order valence-electron chi connectivity index (χ0n) is 15.7. The largest absolute Gasteiger partial charge is 0.497 e. The van der Waals surface area contributed by atoms with Crippen LogP contribution in [0.5, 0.6) is 11.5 Å². The summed E-state index contributed by atoms with van der Waals surface area (Å²) in [6.45, 7) is 10.2. The summed E-state index contributed by atoms with van der Waals surface area (Å²) in [5, 5.41) is 15.0. The van der Waals surface area contributed by atoms with Crippen molar-refractivity contribution in [2.45, 2.75) is 63.8 Å². The van der Waals surface area contributed by atoms with E-state index < -0.39 is 6.10 Å². The average Bonchev–Trinajstić information content (AvgIpc) is 2.48. The Labute approximate surface area is 145 Å². The maximum Gasteiger partial charge on any atom is 0.137 e. The Balaban J connectivity index is 1.75. The van der Waals surface area contributed by atoms with E-state index in [0.717, 1.165) is 24.3 Å². The van der Waals surface area contributed by atoms with Crippen molar-refractivity contribution in [2.24, 2.45) is 0 Å². The molecule has 1 aliphatic heterocycles. The Morgan fingerprint density at radius 3 is 2.21 bits per heavy atom. The van der Waals surface area contributed by atoms with E-state index in [4.69, 9.17) is 9.47 Å². The first-order chi connectivity index (χ1) is 11.2. The molecule has 136 valence electrons. The average molecular weight is 338 g/mol. The number of methoxy groups -OCH3 is 1. The Morgan fingerprint density at radius 1 is 1.12 bits per heavy atom. The normalized spacial score (nSPS) is 21.2. The molecule has 1 saturated heterocycles. The number of benzene rings is 1. The van der Waals surface area contributed by atoms with Crippen LogP contribution in [0.25, 0.3) is 0 Å². The molecule has 0 spiro atoms. The summed E-state index contributed by atoms with van der Waals surface area (Å²) in [7, 11) is 1.64. The predicted molar refractivity (Wildman–Crippen MR) is 94.4 cm³/mol. The molecule has 5 N–H and O–H groups in total. The van der Waals surface area contributed by atoms with Gasteiger partial charge in [0.15, 0.2) is 0 Å². The maximum atomic E-state index is 10.2. The van der Waals surface area contributed by atoms with Gasteiger partial charge in [-0.2, -0.15) is 0 Å². The van der Waals surface area contributed by atoms with Gasteiger partial charge in [-0.1, -0.05) is 0 Å². The maximum absolute atomic E-state index is 10.2. The summed E-state index contributed by atoms with van der Waals surface area (Å²) >= 11 is 0. The van der Waals surface area contributed by atoms with Gasteiger partial charge in [0, 0.05) is 0 Å². The zero-order chi connectivity index (χ0) is 17.8. The fourth-order valence-corrected chi connectivity index (χ4v) is 4.05. The molecule has 0 unspecified atom stereocenters. The second-order valence-electron chi connectivity index (χ2n) is 8.40. The lowest BCUT2D eigenvalue weighted by molar-refractivity contribution is -0.814. The van der Waals surface area contributed by atoms with Crippen LogP contribution in [-0.4, -0.2) is 48.6 Å². The van der Waals surface area contributed by atoms with E-state index in [1.165, 1.54) is 0 Å². The SMILES string of the molecule is COc1ccc(OC[C@@H](O)C[NH2+]C2CC(C)(C)[NH2+]C(C)(C)C2)cc1. The van der Waals surface area contributed by atoms with Crippen LogP contribution in [0.3, 0.4) is 0 Å². The van der Waals surface area contributed by atoms with E-state index in [0.29, 0.717) is 19.2 Å². The third-order valence-electron chi connectivity index (χ3n) is 4.60. The van der Waals surface area contributed by atoms with Crippen molar-refractivity contribution >= 4 is 0 Å². The lowest BCUT2D eigenvalue weighted by Crippen LogP contribution is -3.09. The quantitative estimate of drug-likeness (QED) is 0.669. The highest BCUT2D eigenvalue weighted by Gasteiger charge is 2.43. The third-order valence-corrected chi connectivity index (χ3v) is 4.60. The van der Waals surface area contributed by atoms with Crippen LogP contribution >= 0.6 is 0 Å².